The van der Waals surface area contributed by atoms with Crippen LogP contribution in [0.1, 0.15) is 35.7 Å². The number of hydrogen-bond donors (Lipinski definition) is 2. The van der Waals surface area contributed by atoms with Crippen molar-refractivity contribution in [1.82, 2.24) is 10.2 Å². The van der Waals surface area contributed by atoms with E-state index in [1.54, 1.807) is 17.8 Å². The van der Waals surface area contributed by atoms with Crippen molar-refractivity contribution in [2.45, 2.75) is 42.4 Å². The third-order valence-electron chi connectivity index (χ3n) is 5.96. The minimum absolute atomic E-state index is 0.0384. The molecule has 2 aromatic carbocycles. The van der Waals surface area contributed by atoms with E-state index in [1.165, 1.54) is 12.5 Å². The zero-order valence-corrected chi connectivity index (χ0v) is 18.1. The lowest BCUT2D eigenvalue weighted by molar-refractivity contribution is 0.0941. The number of thioether (sulfide) groups is 1. The molecule has 2 aromatic rings. The van der Waals surface area contributed by atoms with Crippen molar-refractivity contribution < 1.29 is 9.18 Å². The fourth-order valence-electron chi connectivity index (χ4n) is 4.23. The van der Waals surface area contributed by atoms with Crippen LogP contribution < -0.4 is 10.6 Å². The minimum atomic E-state index is -0.187. The topological polar surface area (TPSA) is 44.4 Å². The Morgan fingerprint density at radius 1 is 1.33 bits per heavy atom. The Labute approximate surface area is 181 Å². The lowest BCUT2D eigenvalue weighted by Gasteiger charge is -2.28. The van der Waals surface area contributed by atoms with E-state index in [2.05, 4.69) is 29.0 Å². The van der Waals surface area contributed by atoms with Gasteiger partial charge < -0.3 is 10.6 Å². The van der Waals surface area contributed by atoms with Crippen molar-refractivity contribution in [2.75, 3.05) is 25.0 Å². The number of carbonyl (C=O) groups excluding carboxylic acids is 1. The van der Waals surface area contributed by atoms with Gasteiger partial charge in [-0.15, -0.1) is 11.8 Å². The van der Waals surface area contributed by atoms with E-state index in [0.717, 1.165) is 35.8 Å². The Morgan fingerprint density at radius 2 is 2.17 bits per heavy atom. The molecule has 0 saturated carbocycles. The fraction of sp³-hybridized carbons (Fsp3) is 0.375. The number of amides is 1. The van der Waals surface area contributed by atoms with Gasteiger partial charge in [0.2, 0.25) is 0 Å². The summed E-state index contributed by atoms with van der Waals surface area (Å²) in [5.41, 5.74) is 3.05. The Kier molecular flexibility index (Phi) is 6.44. The first kappa shape index (κ1) is 20.9. The van der Waals surface area contributed by atoms with Crippen LogP contribution in [0.4, 0.5) is 10.1 Å². The van der Waals surface area contributed by atoms with Gasteiger partial charge in [-0.25, -0.2) is 4.39 Å². The van der Waals surface area contributed by atoms with Crippen LogP contribution in [0, 0.1) is 5.82 Å². The monoisotopic (exact) mass is 425 g/mol. The highest BCUT2D eigenvalue weighted by Gasteiger charge is 2.26. The maximum Gasteiger partial charge on any atom is 0.251 e. The Morgan fingerprint density at radius 3 is 2.97 bits per heavy atom. The van der Waals surface area contributed by atoms with Crippen LogP contribution in [0.25, 0.3) is 0 Å². The van der Waals surface area contributed by atoms with E-state index < -0.39 is 0 Å². The van der Waals surface area contributed by atoms with Crippen LogP contribution >= 0.6 is 11.8 Å². The van der Waals surface area contributed by atoms with Crippen LogP contribution in [0.2, 0.25) is 0 Å². The predicted octanol–water partition coefficient (Wildman–Crippen LogP) is 4.68. The average Bonchev–Trinajstić information content (AvgIpc) is 3.21. The number of hydrogen-bond acceptors (Lipinski definition) is 4. The normalized spacial score (nSPS) is 21.2. The lowest BCUT2D eigenvalue weighted by atomic mass is 10.1. The Bertz CT molecular complexity index is 948. The van der Waals surface area contributed by atoms with Gasteiger partial charge in [0.05, 0.1) is 10.9 Å². The smallest absolute Gasteiger partial charge is 0.251 e. The van der Waals surface area contributed by atoms with Crippen LogP contribution in [-0.2, 0) is 6.42 Å². The second kappa shape index (κ2) is 9.23. The second-order valence-electron chi connectivity index (χ2n) is 7.90. The van der Waals surface area contributed by atoms with Gasteiger partial charge in [-0.3, -0.25) is 9.69 Å². The van der Waals surface area contributed by atoms with E-state index in [9.17, 15) is 9.18 Å². The molecule has 2 atom stereocenters. The van der Waals surface area contributed by atoms with E-state index in [0.29, 0.717) is 30.1 Å². The van der Waals surface area contributed by atoms with Crippen molar-refractivity contribution in [3.05, 3.63) is 71.7 Å². The molecule has 30 heavy (non-hydrogen) atoms. The molecular weight excluding hydrogens is 397 g/mol. The molecule has 4 rings (SSSR count). The molecule has 2 heterocycles. The summed E-state index contributed by atoms with van der Waals surface area (Å²) in [6, 6.07) is 13.0. The summed E-state index contributed by atoms with van der Waals surface area (Å²) >= 11 is 1.66. The number of halogens is 1. The number of likely N-dealkylation sites (N-methyl/N-ethyl adjacent to an activating group) is 1. The van der Waals surface area contributed by atoms with Crippen LogP contribution in [0.3, 0.4) is 0 Å². The average molecular weight is 426 g/mol. The molecule has 2 N–H and O–H groups in total. The van der Waals surface area contributed by atoms with E-state index in [1.807, 2.05) is 30.3 Å². The summed E-state index contributed by atoms with van der Waals surface area (Å²) in [6.07, 6.45) is 2.91. The van der Waals surface area contributed by atoms with Gasteiger partial charge in [0.25, 0.3) is 5.91 Å². The number of anilines is 1. The molecule has 0 bridgehead atoms. The quantitative estimate of drug-likeness (QED) is 0.705. The third kappa shape index (κ3) is 4.55. The number of nitrogens with one attached hydrogen (secondary N) is 2. The summed E-state index contributed by atoms with van der Waals surface area (Å²) in [5.74, 6) is -0.237. The summed E-state index contributed by atoms with van der Waals surface area (Å²) < 4.78 is 14.0. The molecule has 1 amide bonds. The molecule has 0 radical (unpaired) electrons. The van der Waals surface area contributed by atoms with Gasteiger partial charge in [0.15, 0.2) is 0 Å². The molecule has 4 nitrogen and oxygen atoms in total. The van der Waals surface area contributed by atoms with E-state index in [-0.39, 0.29) is 17.0 Å². The van der Waals surface area contributed by atoms with E-state index >= 15 is 0 Å². The van der Waals surface area contributed by atoms with Gasteiger partial charge in [-0.2, -0.15) is 0 Å². The van der Waals surface area contributed by atoms with Crippen LogP contribution in [0.15, 0.2) is 59.6 Å². The van der Waals surface area contributed by atoms with Crippen molar-refractivity contribution >= 4 is 23.4 Å². The molecular formula is C24H28FN3OS. The van der Waals surface area contributed by atoms with Crippen LogP contribution in [-0.4, -0.2) is 41.7 Å². The van der Waals surface area contributed by atoms with Gasteiger partial charge in [0, 0.05) is 28.7 Å². The van der Waals surface area contributed by atoms with Crippen molar-refractivity contribution in [1.29, 1.82) is 0 Å². The Balaban J connectivity index is 1.41. The fourth-order valence-corrected chi connectivity index (χ4v) is 5.39. The summed E-state index contributed by atoms with van der Waals surface area (Å²) in [5, 5.41) is 6.46. The molecule has 1 fully saturated rings. The molecule has 6 heteroatoms. The first-order valence-electron chi connectivity index (χ1n) is 10.6. The van der Waals surface area contributed by atoms with Gasteiger partial charge in [0.1, 0.15) is 5.82 Å². The third-order valence-corrected chi connectivity index (χ3v) is 7.31. The first-order valence-corrected chi connectivity index (χ1v) is 11.4. The highest BCUT2D eigenvalue weighted by atomic mass is 32.2. The van der Waals surface area contributed by atoms with Crippen molar-refractivity contribution in [2.24, 2.45) is 0 Å². The number of benzene rings is 2. The second-order valence-corrected chi connectivity index (χ2v) is 9.14. The SMILES string of the molecule is C=C1Nc2cc(C(=O)NC[C@H]3CCCN3CC)ccc2SC1Cc1ccccc1F. The highest BCUT2D eigenvalue weighted by molar-refractivity contribution is 8.00. The predicted molar refractivity (Wildman–Crippen MR) is 122 cm³/mol. The lowest BCUT2D eigenvalue weighted by Crippen LogP contribution is -2.40. The molecule has 158 valence electrons. The Hall–Kier alpha value is -2.31. The molecule has 1 saturated heterocycles. The standard InChI is InChI=1S/C24H28FN3OS/c1-3-28-12-6-8-19(28)15-26-24(29)18-10-11-22-21(13-18)27-16(2)23(30-22)14-17-7-4-5-9-20(17)25/h4-5,7,9-11,13,19,23,27H,2-3,6,8,12,14-15H2,1H3,(H,26,29)/t19-,23?/m1/s1. The summed E-state index contributed by atoms with van der Waals surface area (Å²) in [4.78, 5) is 16.1. The maximum absolute atomic E-state index is 14.0. The molecule has 1 unspecified atom stereocenters. The molecule has 0 aliphatic carbocycles. The molecule has 0 aromatic heterocycles. The van der Waals surface area contributed by atoms with Crippen molar-refractivity contribution in [3.8, 4) is 0 Å². The number of likely N-dealkylation sites (tertiary alicyclic amines) is 1. The van der Waals surface area contributed by atoms with Crippen LogP contribution in [0.5, 0.6) is 0 Å². The zero-order chi connectivity index (χ0) is 21.1. The number of carbonyl (C=O) groups is 1. The summed E-state index contributed by atoms with van der Waals surface area (Å²) in [6.45, 7) is 9.13. The first-order chi connectivity index (χ1) is 14.5. The van der Waals surface area contributed by atoms with Gasteiger partial charge >= 0.3 is 0 Å². The largest absolute Gasteiger partial charge is 0.358 e. The molecule has 0 spiro atoms. The number of rotatable bonds is 6. The molecule has 2 aliphatic rings. The molecule has 2 aliphatic heterocycles. The van der Waals surface area contributed by atoms with E-state index in [4.69, 9.17) is 0 Å². The zero-order valence-electron chi connectivity index (χ0n) is 17.3. The number of fused-ring (bicyclic) bond motifs is 1. The number of nitrogens with zero attached hydrogens (tertiary/aromatic N) is 1. The van der Waals surface area contributed by atoms with Gasteiger partial charge in [-0.05, 0) is 62.2 Å². The van der Waals surface area contributed by atoms with Crippen molar-refractivity contribution in [3.63, 3.8) is 0 Å². The maximum atomic E-state index is 14.0. The minimum Gasteiger partial charge on any atom is -0.358 e. The highest BCUT2D eigenvalue weighted by Crippen LogP contribution is 2.40. The van der Waals surface area contributed by atoms with Gasteiger partial charge in [-0.1, -0.05) is 31.7 Å². The summed E-state index contributed by atoms with van der Waals surface area (Å²) in [7, 11) is 0.